The molecule has 0 unspecified atom stereocenters. The Bertz CT molecular complexity index is 1350. The Kier molecular flexibility index (Phi) is 5.16. The monoisotopic (exact) mass is 435 g/mol. The molecule has 1 fully saturated rings. The number of para-hydroxylation sites is 1. The number of hydrogen-bond acceptors (Lipinski definition) is 5. The van der Waals surface area contributed by atoms with Gasteiger partial charge < -0.3 is 4.74 Å². The van der Waals surface area contributed by atoms with Gasteiger partial charge in [-0.2, -0.15) is 5.10 Å². The molecule has 0 N–H and O–H groups in total. The van der Waals surface area contributed by atoms with Crippen molar-refractivity contribution < 1.29 is 13.2 Å². The fourth-order valence-electron chi connectivity index (χ4n) is 4.41. The van der Waals surface area contributed by atoms with Crippen LogP contribution in [0.25, 0.3) is 21.7 Å². The Balaban J connectivity index is 1.54. The molecule has 0 amide bonds. The van der Waals surface area contributed by atoms with Crippen LogP contribution in [0.1, 0.15) is 12.8 Å². The van der Waals surface area contributed by atoms with Gasteiger partial charge in [0.1, 0.15) is 17.9 Å². The number of benzene rings is 3. The van der Waals surface area contributed by atoms with E-state index in [1.165, 1.54) is 12.8 Å². The third kappa shape index (κ3) is 3.58. The predicted octanol–water partition coefficient (Wildman–Crippen LogP) is 4.03. The molecular weight excluding hydrogens is 410 g/mol. The first-order valence-electron chi connectivity index (χ1n) is 10.6. The van der Waals surface area contributed by atoms with Crippen LogP contribution in [-0.4, -0.2) is 49.3 Å². The number of hydrogen-bond donors (Lipinski definition) is 0. The summed E-state index contributed by atoms with van der Waals surface area (Å²) >= 11 is 0. The summed E-state index contributed by atoms with van der Waals surface area (Å²) in [5.41, 5.74) is 0.697. The van der Waals surface area contributed by atoms with E-state index < -0.39 is 9.84 Å². The lowest BCUT2D eigenvalue weighted by Gasteiger charge is -2.15. The second kappa shape index (κ2) is 7.98. The van der Waals surface area contributed by atoms with E-state index in [1.807, 2.05) is 42.5 Å². The van der Waals surface area contributed by atoms with Crippen molar-refractivity contribution in [3.63, 3.8) is 0 Å². The SMILES string of the molecule is Cn1nc(S(=O)(=O)c2cccc3ccccc23)c2cccc(OCCN3CCCC3)c21. The molecule has 0 bridgehead atoms. The smallest absolute Gasteiger partial charge is 0.226 e. The summed E-state index contributed by atoms with van der Waals surface area (Å²) in [6.45, 7) is 3.67. The number of aromatic nitrogens is 2. The number of sulfone groups is 1. The number of nitrogens with zero attached hydrogens (tertiary/aromatic N) is 3. The fraction of sp³-hybridized carbons (Fsp3) is 0.292. The molecule has 0 aliphatic carbocycles. The van der Waals surface area contributed by atoms with Gasteiger partial charge in [-0.15, -0.1) is 0 Å². The summed E-state index contributed by atoms with van der Waals surface area (Å²) in [5, 5.41) is 6.65. The highest BCUT2D eigenvalue weighted by Gasteiger charge is 2.27. The van der Waals surface area contributed by atoms with Crippen molar-refractivity contribution in [2.75, 3.05) is 26.2 Å². The lowest BCUT2D eigenvalue weighted by molar-refractivity contribution is 0.239. The van der Waals surface area contributed by atoms with Gasteiger partial charge in [-0.25, -0.2) is 8.42 Å². The van der Waals surface area contributed by atoms with E-state index in [0.29, 0.717) is 28.6 Å². The molecule has 31 heavy (non-hydrogen) atoms. The van der Waals surface area contributed by atoms with Gasteiger partial charge >= 0.3 is 0 Å². The van der Waals surface area contributed by atoms with Crippen LogP contribution >= 0.6 is 0 Å². The number of rotatable bonds is 6. The molecule has 5 rings (SSSR count). The van der Waals surface area contributed by atoms with Gasteiger partial charge in [-0.3, -0.25) is 9.58 Å². The molecule has 0 atom stereocenters. The Morgan fingerprint density at radius 2 is 1.65 bits per heavy atom. The fourth-order valence-corrected chi connectivity index (χ4v) is 6.03. The average molecular weight is 436 g/mol. The molecule has 6 nitrogen and oxygen atoms in total. The van der Waals surface area contributed by atoms with E-state index in [0.717, 1.165) is 25.0 Å². The highest BCUT2D eigenvalue weighted by Crippen LogP contribution is 2.34. The van der Waals surface area contributed by atoms with Gasteiger partial charge in [-0.1, -0.05) is 42.5 Å². The van der Waals surface area contributed by atoms with Crippen molar-refractivity contribution in [2.45, 2.75) is 22.8 Å². The van der Waals surface area contributed by atoms with Crippen molar-refractivity contribution in [3.8, 4) is 5.75 Å². The quantitative estimate of drug-likeness (QED) is 0.457. The molecule has 0 spiro atoms. The minimum atomic E-state index is -3.82. The van der Waals surface area contributed by atoms with E-state index >= 15 is 0 Å². The van der Waals surface area contributed by atoms with Gasteiger partial charge in [0.05, 0.1) is 4.90 Å². The minimum absolute atomic E-state index is 0.0614. The number of likely N-dealkylation sites (tertiary alicyclic amines) is 1. The molecule has 1 saturated heterocycles. The molecule has 0 saturated carbocycles. The highest BCUT2D eigenvalue weighted by atomic mass is 32.2. The Morgan fingerprint density at radius 3 is 2.48 bits per heavy atom. The zero-order valence-electron chi connectivity index (χ0n) is 17.5. The highest BCUT2D eigenvalue weighted by molar-refractivity contribution is 7.91. The van der Waals surface area contributed by atoms with Crippen LogP contribution in [0.5, 0.6) is 5.75 Å². The van der Waals surface area contributed by atoms with E-state index in [9.17, 15) is 8.42 Å². The molecule has 4 aromatic rings. The molecule has 1 aliphatic rings. The van der Waals surface area contributed by atoms with Gasteiger partial charge in [0.25, 0.3) is 0 Å². The zero-order chi connectivity index (χ0) is 21.4. The molecule has 0 radical (unpaired) electrons. The van der Waals surface area contributed by atoms with E-state index in [-0.39, 0.29) is 9.92 Å². The maximum absolute atomic E-state index is 13.7. The molecular formula is C24H25N3O3S. The molecule has 160 valence electrons. The molecule has 3 aromatic carbocycles. The van der Waals surface area contributed by atoms with Crippen molar-refractivity contribution >= 4 is 31.5 Å². The maximum atomic E-state index is 13.7. The summed E-state index contributed by atoms with van der Waals surface area (Å²) in [6, 6.07) is 18.3. The Labute approximate surface area is 182 Å². The summed E-state index contributed by atoms with van der Waals surface area (Å²) < 4.78 is 35.0. The van der Waals surface area contributed by atoms with Crippen LogP contribution < -0.4 is 4.74 Å². The van der Waals surface area contributed by atoms with Gasteiger partial charge in [-0.05, 0) is 49.5 Å². The third-order valence-corrected chi connectivity index (χ3v) is 7.70. The topological polar surface area (TPSA) is 64.4 Å². The normalized spacial score (nSPS) is 15.1. The summed E-state index contributed by atoms with van der Waals surface area (Å²) in [6.07, 6.45) is 2.49. The molecule has 2 heterocycles. The minimum Gasteiger partial charge on any atom is -0.490 e. The second-order valence-electron chi connectivity index (χ2n) is 7.96. The number of ether oxygens (including phenoxy) is 1. The van der Waals surface area contributed by atoms with Gasteiger partial charge in [0, 0.05) is 24.4 Å². The number of fused-ring (bicyclic) bond motifs is 2. The van der Waals surface area contributed by atoms with E-state index in [2.05, 4.69) is 10.00 Å². The predicted molar refractivity (Wildman–Crippen MR) is 121 cm³/mol. The van der Waals surface area contributed by atoms with Crippen LogP contribution in [0.15, 0.2) is 70.6 Å². The van der Waals surface area contributed by atoms with E-state index in [1.54, 1.807) is 29.9 Å². The first-order chi connectivity index (χ1) is 15.1. The zero-order valence-corrected chi connectivity index (χ0v) is 18.3. The Hall–Kier alpha value is -2.90. The van der Waals surface area contributed by atoms with Crippen molar-refractivity contribution in [3.05, 3.63) is 60.7 Å². The second-order valence-corrected chi connectivity index (χ2v) is 9.79. The van der Waals surface area contributed by atoms with Crippen LogP contribution in [0.2, 0.25) is 0 Å². The molecule has 1 aliphatic heterocycles. The largest absolute Gasteiger partial charge is 0.490 e. The van der Waals surface area contributed by atoms with Crippen molar-refractivity contribution in [1.29, 1.82) is 0 Å². The Morgan fingerprint density at radius 1 is 0.935 bits per heavy atom. The first kappa shape index (κ1) is 20.0. The number of aryl methyl sites for hydroxylation is 1. The van der Waals surface area contributed by atoms with E-state index in [4.69, 9.17) is 4.74 Å². The van der Waals surface area contributed by atoms with Crippen LogP contribution in [-0.2, 0) is 16.9 Å². The maximum Gasteiger partial charge on any atom is 0.226 e. The lowest BCUT2D eigenvalue weighted by atomic mass is 10.1. The van der Waals surface area contributed by atoms with Crippen LogP contribution in [0, 0.1) is 0 Å². The standard InChI is InChI=1S/C24H25N3O3S/c1-26-23-20(11-7-12-21(23)30-17-16-27-14-4-5-15-27)24(25-26)31(28,29)22-13-6-9-18-8-2-3-10-19(18)22/h2-3,6-13H,4-5,14-17H2,1H3. The summed E-state index contributed by atoms with van der Waals surface area (Å²) in [5.74, 6) is 0.658. The first-order valence-corrected chi connectivity index (χ1v) is 12.1. The molecule has 1 aromatic heterocycles. The summed E-state index contributed by atoms with van der Waals surface area (Å²) in [4.78, 5) is 2.66. The van der Waals surface area contributed by atoms with Crippen molar-refractivity contribution in [1.82, 2.24) is 14.7 Å². The van der Waals surface area contributed by atoms with Crippen molar-refractivity contribution in [2.24, 2.45) is 7.05 Å². The van der Waals surface area contributed by atoms with Gasteiger partial charge in [0.15, 0.2) is 5.03 Å². The third-order valence-electron chi connectivity index (χ3n) is 5.95. The lowest BCUT2D eigenvalue weighted by Crippen LogP contribution is -2.25. The average Bonchev–Trinajstić information content (AvgIpc) is 3.42. The van der Waals surface area contributed by atoms with Crippen LogP contribution in [0.4, 0.5) is 0 Å². The van der Waals surface area contributed by atoms with Crippen LogP contribution in [0.3, 0.4) is 0 Å². The van der Waals surface area contributed by atoms with Gasteiger partial charge in [0.2, 0.25) is 9.84 Å². The summed E-state index contributed by atoms with van der Waals surface area (Å²) in [7, 11) is -2.06. The molecule has 7 heteroatoms.